The van der Waals surface area contributed by atoms with Crippen molar-refractivity contribution < 1.29 is 18.4 Å². The van der Waals surface area contributed by atoms with E-state index in [1.54, 1.807) is 0 Å². The van der Waals surface area contributed by atoms with Gasteiger partial charge in [-0.15, -0.1) is 12.4 Å². The average Bonchev–Trinajstić information content (AvgIpc) is 2.61. The smallest absolute Gasteiger partial charge is 0.279 e. The summed E-state index contributed by atoms with van der Waals surface area (Å²) in [6.07, 6.45) is 0. The van der Waals surface area contributed by atoms with Crippen LogP contribution in [0.15, 0.2) is 0 Å². The van der Waals surface area contributed by atoms with Crippen molar-refractivity contribution >= 4 is 35.3 Å². The number of carbonyl (C=O) groups excluding carboxylic acids is 2. The molecule has 1 atom stereocenters. The molecule has 1 aliphatic rings. The Hall–Kier alpha value is -0.600. The molecule has 5 nitrogen and oxygen atoms in total. The molecule has 1 heterocycles. The van der Waals surface area contributed by atoms with Crippen LogP contribution in [0.5, 0.6) is 0 Å². The lowest BCUT2D eigenvalue weighted by molar-refractivity contribution is -0.124. The summed E-state index contributed by atoms with van der Waals surface area (Å²) in [5.74, 6) is -3.45. The molecule has 0 radical (unpaired) electrons. The molecule has 0 aromatic carbocycles. The molecule has 0 unspecified atom stereocenters. The Labute approximate surface area is 101 Å². The molecule has 0 aromatic rings. The Kier molecular flexibility index (Phi) is 5.98. The molecule has 0 saturated carbocycles. The summed E-state index contributed by atoms with van der Waals surface area (Å²) in [7, 11) is 0. The maximum absolute atomic E-state index is 12.6. The van der Waals surface area contributed by atoms with Gasteiger partial charge in [0.25, 0.3) is 11.2 Å². The number of hydrogen-bond donors (Lipinski definition) is 3. The molecule has 0 bridgehead atoms. The maximum Gasteiger partial charge on any atom is 0.279 e. The van der Waals surface area contributed by atoms with E-state index in [1.807, 2.05) is 5.32 Å². The lowest BCUT2D eigenvalue weighted by atomic mass is 10.3. The van der Waals surface area contributed by atoms with Gasteiger partial charge in [-0.1, -0.05) is 11.8 Å². The first-order chi connectivity index (χ1) is 6.94. The van der Waals surface area contributed by atoms with Gasteiger partial charge < -0.3 is 16.4 Å². The van der Waals surface area contributed by atoms with Crippen LogP contribution in [0.2, 0.25) is 0 Å². The molecule has 1 fully saturated rings. The Morgan fingerprint density at radius 3 is 2.75 bits per heavy atom. The molecule has 2 amide bonds. The van der Waals surface area contributed by atoms with Crippen molar-refractivity contribution in [3.63, 3.8) is 0 Å². The Balaban J connectivity index is 0.00000225. The van der Waals surface area contributed by atoms with Crippen molar-refractivity contribution in [1.82, 2.24) is 10.6 Å². The summed E-state index contributed by atoms with van der Waals surface area (Å²) in [5.41, 5.74) is 4.79. The van der Waals surface area contributed by atoms with Crippen molar-refractivity contribution in [2.45, 2.75) is 12.0 Å². The van der Waals surface area contributed by atoms with Gasteiger partial charge >= 0.3 is 0 Å². The summed E-state index contributed by atoms with van der Waals surface area (Å²) in [6.45, 7) is -1.63. The van der Waals surface area contributed by atoms with Crippen LogP contribution in [0, 0.1) is 0 Å². The lowest BCUT2D eigenvalue weighted by Crippen LogP contribution is -2.48. The minimum Gasteiger partial charge on any atom is -0.348 e. The van der Waals surface area contributed by atoms with E-state index in [9.17, 15) is 18.4 Å². The first kappa shape index (κ1) is 15.4. The van der Waals surface area contributed by atoms with E-state index in [-0.39, 0.29) is 23.4 Å². The number of hydrogen-bond acceptors (Lipinski definition) is 4. The second-order valence-electron chi connectivity index (χ2n) is 3.07. The maximum atomic E-state index is 12.6. The highest BCUT2D eigenvalue weighted by atomic mass is 35.5. The highest BCUT2D eigenvalue weighted by molar-refractivity contribution is 8.14. The Morgan fingerprint density at radius 1 is 1.69 bits per heavy atom. The Morgan fingerprint density at radius 2 is 2.31 bits per heavy atom. The van der Waals surface area contributed by atoms with E-state index >= 15 is 0 Å². The summed E-state index contributed by atoms with van der Waals surface area (Å²) in [4.78, 5) is 22.0. The number of rotatable bonds is 4. The molecule has 0 spiro atoms. The van der Waals surface area contributed by atoms with Gasteiger partial charge in [-0.05, 0) is 0 Å². The molecule has 16 heavy (non-hydrogen) atoms. The van der Waals surface area contributed by atoms with Crippen molar-refractivity contribution in [2.75, 3.05) is 18.8 Å². The van der Waals surface area contributed by atoms with Crippen molar-refractivity contribution in [1.29, 1.82) is 0 Å². The van der Waals surface area contributed by atoms with Gasteiger partial charge in [-0.2, -0.15) is 0 Å². The van der Waals surface area contributed by atoms with Crippen LogP contribution in [0.4, 0.5) is 13.6 Å². The van der Waals surface area contributed by atoms with Crippen LogP contribution in [0.25, 0.3) is 0 Å². The second-order valence-corrected chi connectivity index (χ2v) is 4.07. The number of alkyl halides is 2. The monoisotopic (exact) mass is 275 g/mol. The molecule has 94 valence electrons. The van der Waals surface area contributed by atoms with Gasteiger partial charge in [0, 0.05) is 5.75 Å². The fourth-order valence-corrected chi connectivity index (χ4v) is 1.72. The predicted molar refractivity (Wildman–Crippen MR) is 59.0 cm³/mol. The third-order valence-corrected chi connectivity index (χ3v) is 2.69. The highest BCUT2D eigenvalue weighted by Crippen LogP contribution is 2.13. The fourth-order valence-electron chi connectivity index (χ4n) is 0.938. The minimum atomic E-state index is -3.11. The van der Waals surface area contributed by atoms with E-state index in [0.29, 0.717) is 0 Å². The minimum absolute atomic E-state index is 0. The van der Waals surface area contributed by atoms with Crippen LogP contribution in [-0.2, 0) is 4.79 Å². The van der Waals surface area contributed by atoms with Crippen LogP contribution in [0.1, 0.15) is 0 Å². The van der Waals surface area contributed by atoms with Gasteiger partial charge in [0.15, 0.2) is 0 Å². The predicted octanol–water partition coefficient (Wildman–Crippen LogP) is -0.0566. The lowest BCUT2D eigenvalue weighted by Gasteiger charge is -2.16. The number of nitrogens with one attached hydrogen (secondary N) is 2. The van der Waals surface area contributed by atoms with Gasteiger partial charge in [-0.25, -0.2) is 8.78 Å². The highest BCUT2D eigenvalue weighted by Gasteiger charge is 2.31. The zero-order valence-electron chi connectivity index (χ0n) is 8.16. The second kappa shape index (κ2) is 6.21. The molecule has 4 N–H and O–H groups in total. The standard InChI is InChI=1S/C7H11F2N3O2S.ClH/c8-7(9,2-10)3-11-5(13)4-1-15-6(14)12-4;/h4H,1-3,10H2,(H,11,13)(H,12,14);1H/t4-;/m0./s1. The number of amides is 2. The van der Waals surface area contributed by atoms with E-state index in [1.165, 1.54) is 0 Å². The largest absolute Gasteiger partial charge is 0.348 e. The van der Waals surface area contributed by atoms with Gasteiger partial charge in [0.2, 0.25) is 5.91 Å². The van der Waals surface area contributed by atoms with Gasteiger partial charge in [0.1, 0.15) is 6.04 Å². The van der Waals surface area contributed by atoms with Crippen molar-refractivity contribution in [2.24, 2.45) is 5.73 Å². The summed E-state index contributed by atoms with van der Waals surface area (Å²) < 4.78 is 25.3. The normalized spacial score (nSPS) is 19.9. The van der Waals surface area contributed by atoms with Gasteiger partial charge in [-0.3, -0.25) is 9.59 Å². The van der Waals surface area contributed by atoms with Crippen LogP contribution >= 0.6 is 24.2 Å². The van der Waals surface area contributed by atoms with E-state index < -0.39 is 31.0 Å². The zero-order chi connectivity index (χ0) is 11.5. The SMILES string of the molecule is Cl.NCC(F)(F)CNC(=O)[C@@H]1CSC(=O)N1. The van der Waals surface area contributed by atoms with Crippen LogP contribution in [0.3, 0.4) is 0 Å². The molecular formula is C7H12ClF2N3O2S. The van der Waals surface area contributed by atoms with Crippen molar-refractivity contribution in [3.8, 4) is 0 Å². The third kappa shape index (κ3) is 4.50. The third-order valence-electron chi connectivity index (χ3n) is 1.81. The molecular weight excluding hydrogens is 264 g/mol. The summed E-state index contributed by atoms with van der Waals surface area (Å²) >= 11 is 0.950. The number of thioether (sulfide) groups is 1. The summed E-state index contributed by atoms with van der Waals surface area (Å²) in [6, 6.07) is -0.726. The first-order valence-electron chi connectivity index (χ1n) is 4.23. The van der Waals surface area contributed by atoms with Gasteiger partial charge in [0.05, 0.1) is 13.1 Å². The average molecular weight is 276 g/mol. The van der Waals surface area contributed by atoms with E-state index in [0.717, 1.165) is 11.8 Å². The molecule has 0 aromatic heterocycles. The molecule has 1 rings (SSSR count). The molecule has 9 heteroatoms. The van der Waals surface area contributed by atoms with Crippen molar-refractivity contribution in [3.05, 3.63) is 0 Å². The quantitative estimate of drug-likeness (QED) is 0.671. The van der Waals surface area contributed by atoms with E-state index in [2.05, 4.69) is 5.32 Å². The molecule has 1 aliphatic heterocycles. The number of carbonyl (C=O) groups is 2. The fraction of sp³-hybridized carbons (Fsp3) is 0.714. The van der Waals surface area contributed by atoms with Crippen LogP contribution < -0.4 is 16.4 Å². The molecule has 1 saturated heterocycles. The molecule has 0 aliphatic carbocycles. The number of nitrogens with two attached hydrogens (primary N) is 1. The topological polar surface area (TPSA) is 84.2 Å². The summed E-state index contributed by atoms with van der Waals surface area (Å²) in [5, 5.41) is 4.06. The van der Waals surface area contributed by atoms with Crippen LogP contribution in [-0.4, -0.2) is 42.0 Å². The number of halogens is 3. The first-order valence-corrected chi connectivity index (χ1v) is 5.22. The van der Waals surface area contributed by atoms with E-state index in [4.69, 9.17) is 5.73 Å². The zero-order valence-corrected chi connectivity index (χ0v) is 9.80. The Bertz CT molecular complexity index is 280.